The topological polar surface area (TPSA) is 42.0 Å². The zero-order valence-electron chi connectivity index (χ0n) is 15.9. The van der Waals surface area contributed by atoms with E-state index in [1.807, 2.05) is 41.3 Å². The molecule has 3 rings (SSSR count). The Bertz CT molecular complexity index is 789. The lowest BCUT2D eigenvalue weighted by Gasteiger charge is -2.40. The zero-order valence-corrected chi connectivity index (χ0v) is 15.9. The molecule has 5 nitrogen and oxygen atoms in total. The lowest BCUT2D eigenvalue weighted by Crippen LogP contribution is -2.47. The molecule has 0 saturated carbocycles. The Morgan fingerprint density at radius 3 is 2.35 bits per heavy atom. The minimum atomic E-state index is 0.0908. The van der Waals surface area contributed by atoms with Crippen LogP contribution in [0.4, 0.5) is 11.4 Å². The number of hydrogen-bond donors (Lipinski definition) is 0. The van der Waals surface area contributed by atoms with Gasteiger partial charge in [-0.1, -0.05) is 18.2 Å². The van der Waals surface area contributed by atoms with Gasteiger partial charge in [0, 0.05) is 19.1 Å². The highest BCUT2D eigenvalue weighted by Gasteiger charge is 2.27. The molecular formula is C21H26N2O3. The monoisotopic (exact) mass is 354 g/mol. The standard InChI is InChI=1S/C21H26N2O3/c1-15(2)22-11-12-23(18-8-6-5-7-17(18)22)21(24)14-16-9-10-19(25-3)20(13-16)26-4/h5-10,13,15H,11-12,14H2,1-4H3. The second kappa shape index (κ2) is 7.68. The summed E-state index contributed by atoms with van der Waals surface area (Å²) >= 11 is 0. The van der Waals surface area contributed by atoms with Crippen LogP contribution in [0.1, 0.15) is 19.4 Å². The maximum atomic E-state index is 13.0. The van der Waals surface area contributed by atoms with Gasteiger partial charge in [0.2, 0.25) is 5.91 Å². The van der Waals surface area contributed by atoms with E-state index in [0.717, 1.165) is 23.5 Å². The van der Waals surface area contributed by atoms with E-state index in [0.29, 0.717) is 30.5 Å². The minimum absolute atomic E-state index is 0.0908. The summed E-state index contributed by atoms with van der Waals surface area (Å²) in [6.07, 6.45) is 0.330. The summed E-state index contributed by atoms with van der Waals surface area (Å²) in [5, 5.41) is 0. The first kappa shape index (κ1) is 18.1. The Morgan fingerprint density at radius 2 is 1.69 bits per heavy atom. The van der Waals surface area contributed by atoms with Gasteiger partial charge in [0.1, 0.15) is 0 Å². The summed E-state index contributed by atoms with van der Waals surface area (Å²) < 4.78 is 10.6. The molecule has 1 heterocycles. The molecule has 0 unspecified atom stereocenters. The normalized spacial score (nSPS) is 13.6. The number of carbonyl (C=O) groups is 1. The number of fused-ring (bicyclic) bond motifs is 1. The van der Waals surface area contributed by atoms with Crippen LogP contribution >= 0.6 is 0 Å². The molecule has 1 amide bonds. The van der Waals surface area contributed by atoms with Crippen molar-refractivity contribution in [2.24, 2.45) is 0 Å². The van der Waals surface area contributed by atoms with Crippen molar-refractivity contribution in [3.63, 3.8) is 0 Å². The molecule has 1 aliphatic heterocycles. The smallest absolute Gasteiger partial charge is 0.231 e. The number of ether oxygens (including phenoxy) is 2. The summed E-state index contributed by atoms with van der Waals surface area (Å²) in [4.78, 5) is 17.2. The van der Waals surface area contributed by atoms with E-state index in [1.165, 1.54) is 0 Å². The first-order valence-electron chi connectivity index (χ1n) is 8.92. The maximum absolute atomic E-state index is 13.0. The summed E-state index contributed by atoms with van der Waals surface area (Å²) in [5.41, 5.74) is 3.02. The van der Waals surface area contributed by atoms with E-state index >= 15 is 0 Å². The van der Waals surface area contributed by atoms with Crippen LogP contribution < -0.4 is 19.3 Å². The molecule has 138 valence electrons. The summed E-state index contributed by atoms with van der Waals surface area (Å²) in [7, 11) is 3.21. The Balaban J connectivity index is 1.83. The van der Waals surface area contributed by atoms with Crippen molar-refractivity contribution in [2.75, 3.05) is 37.1 Å². The fourth-order valence-electron chi connectivity index (χ4n) is 3.44. The van der Waals surface area contributed by atoms with Crippen molar-refractivity contribution in [1.29, 1.82) is 0 Å². The second-order valence-electron chi connectivity index (χ2n) is 6.69. The van der Waals surface area contributed by atoms with E-state index < -0.39 is 0 Å². The molecule has 0 radical (unpaired) electrons. The molecule has 5 heteroatoms. The second-order valence-corrected chi connectivity index (χ2v) is 6.69. The van der Waals surface area contributed by atoms with E-state index in [1.54, 1.807) is 14.2 Å². The SMILES string of the molecule is COc1ccc(CC(=O)N2CCN(C(C)C)c3ccccc32)cc1OC. The van der Waals surface area contributed by atoms with Crippen LogP contribution in [0.3, 0.4) is 0 Å². The number of amides is 1. The molecule has 0 saturated heterocycles. The number of carbonyl (C=O) groups excluding carboxylic acids is 1. The molecule has 1 aliphatic rings. The molecule has 0 aromatic heterocycles. The quantitative estimate of drug-likeness (QED) is 0.824. The average Bonchev–Trinajstić information content (AvgIpc) is 2.66. The number of anilines is 2. The average molecular weight is 354 g/mol. The molecule has 0 spiro atoms. The van der Waals surface area contributed by atoms with Crippen molar-refractivity contribution < 1.29 is 14.3 Å². The Labute approximate surface area is 155 Å². The molecule has 2 aromatic carbocycles. The minimum Gasteiger partial charge on any atom is -0.493 e. The van der Waals surface area contributed by atoms with Crippen molar-refractivity contribution in [1.82, 2.24) is 0 Å². The predicted molar refractivity (Wildman–Crippen MR) is 105 cm³/mol. The lowest BCUT2D eigenvalue weighted by atomic mass is 10.1. The third-order valence-corrected chi connectivity index (χ3v) is 4.77. The third-order valence-electron chi connectivity index (χ3n) is 4.77. The van der Waals surface area contributed by atoms with E-state index in [2.05, 4.69) is 24.8 Å². The molecule has 2 aromatic rings. The molecule has 0 N–H and O–H groups in total. The van der Waals surface area contributed by atoms with Gasteiger partial charge in [-0.05, 0) is 43.7 Å². The van der Waals surface area contributed by atoms with Crippen molar-refractivity contribution in [2.45, 2.75) is 26.3 Å². The highest BCUT2D eigenvalue weighted by Crippen LogP contribution is 2.34. The van der Waals surface area contributed by atoms with Gasteiger partial charge in [0.25, 0.3) is 0 Å². The summed E-state index contributed by atoms with van der Waals surface area (Å²) in [5.74, 6) is 1.40. The van der Waals surface area contributed by atoms with Crippen molar-refractivity contribution in [3.8, 4) is 11.5 Å². The fourth-order valence-corrected chi connectivity index (χ4v) is 3.44. The van der Waals surface area contributed by atoms with Gasteiger partial charge < -0.3 is 19.3 Å². The maximum Gasteiger partial charge on any atom is 0.231 e. The zero-order chi connectivity index (χ0) is 18.7. The van der Waals surface area contributed by atoms with Crippen LogP contribution in [0.15, 0.2) is 42.5 Å². The molecule has 26 heavy (non-hydrogen) atoms. The molecule has 0 bridgehead atoms. The van der Waals surface area contributed by atoms with Crippen LogP contribution in [0.5, 0.6) is 11.5 Å². The van der Waals surface area contributed by atoms with Crippen LogP contribution in [0.2, 0.25) is 0 Å². The van der Waals surface area contributed by atoms with Gasteiger partial charge >= 0.3 is 0 Å². The van der Waals surface area contributed by atoms with Crippen LogP contribution in [0, 0.1) is 0 Å². The first-order valence-corrected chi connectivity index (χ1v) is 8.92. The molecule has 0 aliphatic carbocycles. The number of methoxy groups -OCH3 is 2. The van der Waals surface area contributed by atoms with E-state index in [9.17, 15) is 4.79 Å². The van der Waals surface area contributed by atoms with Gasteiger partial charge in [-0.25, -0.2) is 0 Å². The molecular weight excluding hydrogens is 328 g/mol. The van der Waals surface area contributed by atoms with Crippen molar-refractivity contribution >= 4 is 17.3 Å². The number of rotatable bonds is 5. The molecule has 0 fully saturated rings. The summed E-state index contributed by atoms with van der Waals surface area (Å²) in [6.45, 7) is 5.89. The Kier molecular flexibility index (Phi) is 5.35. The highest BCUT2D eigenvalue weighted by molar-refractivity contribution is 5.99. The Morgan fingerprint density at radius 1 is 1.00 bits per heavy atom. The van der Waals surface area contributed by atoms with E-state index in [4.69, 9.17) is 9.47 Å². The van der Waals surface area contributed by atoms with Gasteiger partial charge in [0.15, 0.2) is 11.5 Å². The molecule has 0 atom stereocenters. The highest BCUT2D eigenvalue weighted by atomic mass is 16.5. The van der Waals surface area contributed by atoms with E-state index in [-0.39, 0.29) is 5.91 Å². The van der Waals surface area contributed by atoms with Crippen molar-refractivity contribution in [3.05, 3.63) is 48.0 Å². The number of benzene rings is 2. The number of hydrogen-bond acceptors (Lipinski definition) is 4. The van der Waals surface area contributed by atoms with Gasteiger partial charge in [-0.2, -0.15) is 0 Å². The summed E-state index contributed by atoms with van der Waals surface area (Å²) in [6, 6.07) is 14.1. The van der Waals surface area contributed by atoms with Crippen LogP contribution in [0.25, 0.3) is 0 Å². The Hall–Kier alpha value is -2.69. The van der Waals surface area contributed by atoms with Gasteiger partial charge in [-0.15, -0.1) is 0 Å². The van der Waals surface area contributed by atoms with Crippen LogP contribution in [-0.2, 0) is 11.2 Å². The predicted octanol–water partition coefficient (Wildman–Crippen LogP) is 3.51. The third kappa shape index (κ3) is 3.47. The largest absolute Gasteiger partial charge is 0.493 e. The van der Waals surface area contributed by atoms with Gasteiger partial charge in [0.05, 0.1) is 32.0 Å². The fraction of sp³-hybridized carbons (Fsp3) is 0.381. The van der Waals surface area contributed by atoms with Crippen LogP contribution in [-0.4, -0.2) is 39.3 Å². The number of para-hydroxylation sites is 2. The number of nitrogens with zero attached hydrogens (tertiary/aromatic N) is 2. The lowest BCUT2D eigenvalue weighted by molar-refractivity contribution is -0.118. The first-order chi connectivity index (χ1) is 12.5. The van der Waals surface area contributed by atoms with Gasteiger partial charge in [-0.3, -0.25) is 4.79 Å².